The first-order valence-corrected chi connectivity index (χ1v) is 9.83. The summed E-state index contributed by atoms with van der Waals surface area (Å²) in [7, 11) is 0. The molecule has 29 heavy (non-hydrogen) atoms. The van der Waals surface area contributed by atoms with Crippen LogP contribution in [0.3, 0.4) is 0 Å². The minimum absolute atomic E-state index is 0.0351. The number of hydrogen-bond acceptors (Lipinski definition) is 4. The van der Waals surface area contributed by atoms with Gasteiger partial charge in [0, 0.05) is 31.0 Å². The number of carbonyl (C=O) groups is 1. The molecule has 3 aromatic rings. The highest BCUT2D eigenvalue weighted by Crippen LogP contribution is 2.23. The second-order valence-electron chi connectivity index (χ2n) is 7.49. The molecular formula is C23H25N5O. The van der Waals surface area contributed by atoms with E-state index in [4.69, 9.17) is 0 Å². The Morgan fingerprint density at radius 2 is 1.97 bits per heavy atom. The van der Waals surface area contributed by atoms with Crippen molar-refractivity contribution < 1.29 is 4.79 Å². The van der Waals surface area contributed by atoms with Gasteiger partial charge in [0.05, 0.1) is 18.4 Å². The molecule has 1 aliphatic rings. The SMILES string of the molecule is Cc1ccc(-n2cc(C3=CCN(CC(=O)Nc4cc(C)ccn4)CC3)cn2)cc1. The first kappa shape index (κ1) is 19.1. The fraction of sp³-hybridized carbons (Fsp3) is 0.261. The van der Waals surface area contributed by atoms with Crippen molar-refractivity contribution in [3.8, 4) is 5.69 Å². The van der Waals surface area contributed by atoms with E-state index in [1.807, 2.05) is 29.9 Å². The molecule has 0 radical (unpaired) electrons. The zero-order valence-electron chi connectivity index (χ0n) is 16.8. The van der Waals surface area contributed by atoms with Crippen molar-refractivity contribution in [2.45, 2.75) is 20.3 Å². The maximum absolute atomic E-state index is 12.3. The number of hydrogen-bond donors (Lipinski definition) is 1. The van der Waals surface area contributed by atoms with E-state index in [1.165, 1.54) is 11.1 Å². The first-order valence-electron chi connectivity index (χ1n) is 9.83. The number of aromatic nitrogens is 3. The van der Waals surface area contributed by atoms with Gasteiger partial charge in [0.2, 0.25) is 5.91 Å². The Hall–Kier alpha value is -3.25. The summed E-state index contributed by atoms with van der Waals surface area (Å²) < 4.78 is 1.91. The normalized spacial score (nSPS) is 14.5. The number of carbonyl (C=O) groups excluding carboxylic acids is 1. The van der Waals surface area contributed by atoms with Crippen molar-refractivity contribution in [1.82, 2.24) is 19.7 Å². The molecule has 3 heterocycles. The summed E-state index contributed by atoms with van der Waals surface area (Å²) in [6.07, 6.45) is 8.78. The summed E-state index contributed by atoms with van der Waals surface area (Å²) in [6, 6.07) is 12.1. The zero-order chi connectivity index (χ0) is 20.2. The maximum atomic E-state index is 12.3. The van der Waals surface area contributed by atoms with Crippen LogP contribution in [0.5, 0.6) is 0 Å². The highest BCUT2D eigenvalue weighted by atomic mass is 16.2. The third kappa shape index (κ3) is 4.78. The second kappa shape index (κ2) is 8.41. The van der Waals surface area contributed by atoms with E-state index in [9.17, 15) is 4.79 Å². The number of nitrogens with zero attached hydrogens (tertiary/aromatic N) is 4. The Bertz CT molecular complexity index is 1040. The topological polar surface area (TPSA) is 63.1 Å². The fourth-order valence-corrected chi connectivity index (χ4v) is 3.43. The second-order valence-corrected chi connectivity index (χ2v) is 7.49. The molecule has 0 atom stereocenters. The van der Waals surface area contributed by atoms with Crippen LogP contribution >= 0.6 is 0 Å². The van der Waals surface area contributed by atoms with Gasteiger partial charge in [-0.2, -0.15) is 5.10 Å². The van der Waals surface area contributed by atoms with E-state index >= 15 is 0 Å². The molecule has 0 saturated carbocycles. The molecule has 0 aliphatic carbocycles. The lowest BCUT2D eigenvalue weighted by Crippen LogP contribution is -2.36. The minimum atomic E-state index is -0.0351. The molecule has 6 heteroatoms. The lowest BCUT2D eigenvalue weighted by Gasteiger charge is -2.25. The van der Waals surface area contributed by atoms with Crippen LogP contribution < -0.4 is 5.32 Å². The van der Waals surface area contributed by atoms with Crippen molar-refractivity contribution in [3.63, 3.8) is 0 Å². The Balaban J connectivity index is 1.35. The summed E-state index contributed by atoms with van der Waals surface area (Å²) in [6.45, 7) is 6.02. The summed E-state index contributed by atoms with van der Waals surface area (Å²) in [5, 5.41) is 7.38. The van der Waals surface area contributed by atoms with Crippen molar-refractivity contribution in [3.05, 3.63) is 77.8 Å². The van der Waals surface area contributed by atoms with Crippen molar-refractivity contribution in [2.24, 2.45) is 0 Å². The molecule has 0 spiro atoms. The van der Waals surface area contributed by atoms with Crippen LogP contribution in [0.4, 0.5) is 5.82 Å². The van der Waals surface area contributed by atoms with Crippen LogP contribution in [0.25, 0.3) is 11.3 Å². The van der Waals surface area contributed by atoms with Crippen molar-refractivity contribution >= 4 is 17.3 Å². The number of amides is 1. The Morgan fingerprint density at radius 1 is 1.14 bits per heavy atom. The molecule has 0 saturated heterocycles. The largest absolute Gasteiger partial charge is 0.310 e. The van der Waals surface area contributed by atoms with E-state index in [0.717, 1.165) is 36.3 Å². The van der Waals surface area contributed by atoms with Gasteiger partial charge in [0.15, 0.2) is 0 Å². The molecule has 4 rings (SSSR count). The monoisotopic (exact) mass is 387 g/mol. The number of benzene rings is 1. The van der Waals surface area contributed by atoms with Gasteiger partial charge in [-0.25, -0.2) is 9.67 Å². The average molecular weight is 387 g/mol. The lowest BCUT2D eigenvalue weighted by atomic mass is 10.0. The molecule has 148 valence electrons. The van der Waals surface area contributed by atoms with Crippen molar-refractivity contribution in [2.75, 3.05) is 25.0 Å². The van der Waals surface area contributed by atoms with Crippen LogP contribution in [0.15, 0.2) is 61.1 Å². The Labute approximate surface area is 170 Å². The zero-order valence-corrected chi connectivity index (χ0v) is 16.8. The highest BCUT2D eigenvalue weighted by Gasteiger charge is 2.17. The van der Waals surface area contributed by atoms with Crippen LogP contribution in [-0.2, 0) is 4.79 Å². The van der Waals surface area contributed by atoms with E-state index < -0.39 is 0 Å². The minimum Gasteiger partial charge on any atom is -0.310 e. The van der Waals surface area contributed by atoms with E-state index in [1.54, 1.807) is 6.20 Å². The van der Waals surface area contributed by atoms with E-state index in [0.29, 0.717) is 12.4 Å². The van der Waals surface area contributed by atoms with Gasteiger partial charge < -0.3 is 5.32 Å². The number of anilines is 1. The molecular weight excluding hydrogens is 362 g/mol. The Kier molecular flexibility index (Phi) is 5.53. The summed E-state index contributed by atoms with van der Waals surface area (Å²) in [5.74, 6) is 0.568. The summed E-state index contributed by atoms with van der Waals surface area (Å²) in [5.41, 5.74) is 5.78. The number of aryl methyl sites for hydroxylation is 2. The van der Waals surface area contributed by atoms with Gasteiger partial charge in [-0.05, 0) is 55.7 Å². The molecule has 0 unspecified atom stereocenters. The van der Waals surface area contributed by atoms with Gasteiger partial charge >= 0.3 is 0 Å². The van der Waals surface area contributed by atoms with Crippen LogP contribution in [-0.4, -0.2) is 45.2 Å². The predicted molar refractivity (Wildman–Crippen MR) is 115 cm³/mol. The molecule has 1 amide bonds. The molecule has 0 fully saturated rings. The average Bonchev–Trinajstić information content (AvgIpc) is 3.19. The predicted octanol–water partition coefficient (Wildman–Crippen LogP) is 3.61. The standard InChI is InChI=1S/C23H25N5O/c1-17-3-5-21(6-4-17)28-15-20(14-25-28)19-8-11-27(12-9-19)16-23(29)26-22-13-18(2)7-10-24-22/h3-8,10,13-15H,9,11-12,16H2,1-2H3,(H,24,26,29). The molecule has 2 aromatic heterocycles. The van der Waals surface area contributed by atoms with Gasteiger partial charge in [0.25, 0.3) is 0 Å². The van der Waals surface area contributed by atoms with Gasteiger partial charge in [-0.15, -0.1) is 0 Å². The third-order valence-electron chi connectivity index (χ3n) is 5.10. The maximum Gasteiger partial charge on any atom is 0.239 e. The lowest BCUT2D eigenvalue weighted by molar-refractivity contribution is -0.117. The van der Waals surface area contributed by atoms with E-state index in [2.05, 4.69) is 63.8 Å². The van der Waals surface area contributed by atoms with Gasteiger partial charge in [-0.1, -0.05) is 23.8 Å². The Morgan fingerprint density at radius 3 is 2.69 bits per heavy atom. The van der Waals surface area contributed by atoms with Crippen molar-refractivity contribution in [1.29, 1.82) is 0 Å². The number of nitrogens with one attached hydrogen (secondary N) is 1. The molecule has 1 aromatic carbocycles. The van der Waals surface area contributed by atoms with Crippen LogP contribution in [0, 0.1) is 13.8 Å². The van der Waals surface area contributed by atoms with Gasteiger partial charge in [0.1, 0.15) is 5.82 Å². The highest BCUT2D eigenvalue weighted by molar-refractivity contribution is 5.91. The van der Waals surface area contributed by atoms with E-state index in [-0.39, 0.29) is 5.91 Å². The number of pyridine rings is 1. The molecule has 0 bridgehead atoms. The van der Waals surface area contributed by atoms with Crippen LogP contribution in [0.2, 0.25) is 0 Å². The fourth-order valence-electron chi connectivity index (χ4n) is 3.43. The quantitative estimate of drug-likeness (QED) is 0.726. The molecule has 1 N–H and O–H groups in total. The first-order chi connectivity index (χ1) is 14.1. The van der Waals surface area contributed by atoms with Gasteiger partial charge in [-0.3, -0.25) is 9.69 Å². The third-order valence-corrected chi connectivity index (χ3v) is 5.10. The smallest absolute Gasteiger partial charge is 0.239 e. The van der Waals surface area contributed by atoms with Crippen LogP contribution in [0.1, 0.15) is 23.1 Å². The molecule has 6 nitrogen and oxygen atoms in total. The molecule has 1 aliphatic heterocycles. The summed E-state index contributed by atoms with van der Waals surface area (Å²) in [4.78, 5) is 18.6. The summed E-state index contributed by atoms with van der Waals surface area (Å²) >= 11 is 0. The number of rotatable bonds is 5.